The van der Waals surface area contributed by atoms with Crippen LogP contribution in [-0.4, -0.2) is 52.0 Å². The number of ether oxygens (including phenoxy) is 1. The first-order valence-electron chi connectivity index (χ1n) is 8.67. The molecule has 0 saturated carbocycles. The van der Waals surface area contributed by atoms with Gasteiger partial charge < -0.3 is 14.9 Å². The number of hydrogen-bond acceptors (Lipinski definition) is 3. The molecule has 0 atom stereocenters. The summed E-state index contributed by atoms with van der Waals surface area (Å²) in [6.45, 7) is 0. The van der Waals surface area contributed by atoms with Crippen LogP contribution in [-0.2, 0) is 0 Å². The molecule has 0 aliphatic carbocycles. The van der Waals surface area contributed by atoms with Crippen LogP contribution in [0.15, 0.2) is 23.5 Å². The molecule has 2 N–H and O–H groups in total. The minimum Gasteiger partial charge on any atom is -0.477 e. The molecule has 23 heteroatoms. The summed E-state index contributed by atoms with van der Waals surface area (Å²) in [4.78, 5) is 21.7. The molecule has 0 unspecified atom stereocenters. The third-order valence-electron chi connectivity index (χ3n) is 4.27. The molecule has 0 aliphatic rings. The van der Waals surface area contributed by atoms with Crippen LogP contribution in [0.25, 0.3) is 0 Å². The number of carboxylic acids is 2. The zero-order chi connectivity index (χ0) is 32.1. The van der Waals surface area contributed by atoms with Gasteiger partial charge in [-0.3, -0.25) is 0 Å². The maximum atomic E-state index is 14.0. The van der Waals surface area contributed by atoms with Gasteiger partial charge in [-0.1, -0.05) is 0 Å². The summed E-state index contributed by atoms with van der Waals surface area (Å²) in [7, 11) is 0. The van der Waals surface area contributed by atoms with Crippen LogP contribution in [0.5, 0.6) is 5.75 Å². The lowest BCUT2D eigenvalue weighted by atomic mass is 9.97. The van der Waals surface area contributed by atoms with E-state index in [4.69, 9.17) is 10.2 Å². The number of carbonyl (C=O) groups is 2. The monoisotopic (exact) mass is 628 g/mol. The lowest BCUT2D eigenvalue weighted by Crippen LogP contribution is -2.66. The summed E-state index contributed by atoms with van der Waals surface area (Å²) in [6, 6.07) is -3.86. The fourth-order valence-corrected chi connectivity index (χ4v) is 2.27. The molecular formula is C17H2F18O5. The molecule has 226 valence electrons. The van der Waals surface area contributed by atoms with Crippen LogP contribution in [0.4, 0.5) is 79.0 Å². The van der Waals surface area contributed by atoms with Gasteiger partial charge in [0, 0.05) is 0 Å². The van der Waals surface area contributed by atoms with E-state index >= 15 is 0 Å². The fourth-order valence-electron chi connectivity index (χ4n) is 2.27. The van der Waals surface area contributed by atoms with Crippen LogP contribution in [0.1, 0.15) is 20.7 Å². The Morgan fingerprint density at radius 2 is 0.950 bits per heavy atom. The number of allylic oxidation sites excluding steroid dienone is 3. The predicted molar refractivity (Wildman–Crippen MR) is 85.2 cm³/mol. The van der Waals surface area contributed by atoms with Crippen molar-refractivity contribution in [2.45, 2.75) is 29.9 Å². The summed E-state index contributed by atoms with van der Waals surface area (Å²) in [5, 5.41) is 17.2. The number of benzene rings is 1. The van der Waals surface area contributed by atoms with E-state index in [1.54, 1.807) is 0 Å². The minimum atomic E-state index is -8.34. The Balaban J connectivity index is 3.82. The molecular weight excluding hydrogens is 626 g/mol. The van der Waals surface area contributed by atoms with Crippen molar-refractivity contribution in [1.82, 2.24) is 0 Å². The molecule has 5 nitrogen and oxygen atoms in total. The molecule has 0 amide bonds. The van der Waals surface area contributed by atoms with Gasteiger partial charge in [-0.2, -0.15) is 57.1 Å². The third kappa shape index (κ3) is 5.07. The highest BCUT2D eigenvalue weighted by Gasteiger charge is 2.88. The van der Waals surface area contributed by atoms with Gasteiger partial charge in [-0.05, 0) is 0 Å². The van der Waals surface area contributed by atoms with Crippen LogP contribution in [0.3, 0.4) is 0 Å². The lowest BCUT2D eigenvalue weighted by Gasteiger charge is -2.36. The standard InChI is InChI=1S/C17H2F18O5/c18-3-1(11(36)37)4(19)8(5(20)2(3)12(38)39)40-10(24)7(22)6(21)9(23)13(25,26)14(27,28)15(29,30)16(31,32)17(33,34)35/h(H,36,37)(H,38,39). The van der Waals surface area contributed by atoms with Gasteiger partial charge in [0.25, 0.3) is 0 Å². The van der Waals surface area contributed by atoms with Gasteiger partial charge in [0.2, 0.25) is 23.2 Å². The molecule has 0 heterocycles. The van der Waals surface area contributed by atoms with E-state index in [9.17, 15) is 88.6 Å². The Bertz CT molecular complexity index is 1250. The highest BCUT2D eigenvalue weighted by molar-refractivity contribution is 5.95. The zero-order valence-electron chi connectivity index (χ0n) is 17.4. The summed E-state index contributed by atoms with van der Waals surface area (Å²) in [5.74, 6) is -63.7. The Morgan fingerprint density at radius 3 is 1.27 bits per heavy atom. The van der Waals surface area contributed by atoms with Crippen LogP contribution >= 0.6 is 0 Å². The Hall–Kier alpha value is -3.82. The van der Waals surface area contributed by atoms with E-state index in [1.807, 2.05) is 0 Å². The number of hydrogen-bond donors (Lipinski definition) is 2. The summed E-state index contributed by atoms with van der Waals surface area (Å²) >= 11 is 0. The lowest BCUT2D eigenvalue weighted by molar-refractivity contribution is -0.419. The van der Waals surface area contributed by atoms with E-state index in [2.05, 4.69) is 4.74 Å². The van der Waals surface area contributed by atoms with E-state index in [1.165, 1.54) is 0 Å². The van der Waals surface area contributed by atoms with Crippen LogP contribution in [0.2, 0.25) is 0 Å². The van der Waals surface area contributed by atoms with Crippen molar-refractivity contribution in [2.75, 3.05) is 0 Å². The maximum absolute atomic E-state index is 14.0. The van der Waals surface area contributed by atoms with Crippen LogP contribution < -0.4 is 4.74 Å². The number of halogens is 18. The average molecular weight is 628 g/mol. The van der Waals surface area contributed by atoms with E-state index in [0.29, 0.717) is 0 Å². The summed E-state index contributed by atoms with van der Waals surface area (Å²) in [5.41, 5.74) is -5.05. The topological polar surface area (TPSA) is 83.8 Å². The first-order chi connectivity index (χ1) is 17.6. The normalized spacial score (nSPS) is 14.9. The average Bonchev–Trinajstić information content (AvgIpc) is 2.78. The number of carboxylic acid groups (broad SMARTS) is 2. The fraction of sp³-hybridized carbons (Fsp3) is 0.294. The second-order valence-electron chi connectivity index (χ2n) is 6.74. The summed E-state index contributed by atoms with van der Waals surface area (Å²) in [6.07, 6.45) is -7.74. The second kappa shape index (κ2) is 10.3. The van der Waals surface area contributed by atoms with Crippen molar-refractivity contribution in [3.8, 4) is 5.75 Å². The molecule has 0 radical (unpaired) electrons. The molecule has 40 heavy (non-hydrogen) atoms. The predicted octanol–water partition coefficient (Wildman–Crippen LogP) is 7.24. The van der Waals surface area contributed by atoms with Crippen LogP contribution in [0, 0.1) is 17.5 Å². The SMILES string of the molecule is O=C(O)c1c(F)c(OC(F)=C(F)C(F)=C(F)C(F)(F)C(F)(F)C(F)(F)C(F)(F)C(F)(F)F)c(F)c(C(=O)O)c1F. The summed E-state index contributed by atoms with van der Waals surface area (Å²) < 4.78 is 241. The first-order valence-corrected chi connectivity index (χ1v) is 8.67. The highest BCUT2D eigenvalue weighted by Crippen LogP contribution is 2.59. The third-order valence-corrected chi connectivity index (χ3v) is 4.27. The molecule has 0 aliphatic heterocycles. The van der Waals surface area contributed by atoms with Gasteiger partial charge in [0.05, 0.1) is 0 Å². The van der Waals surface area contributed by atoms with Crippen molar-refractivity contribution < 1.29 is 104 Å². The van der Waals surface area contributed by atoms with Gasteiger partial charge in [-0.25, -0.2) is 31.5 Å². The number of aromatic carboxylic acids is 2. The molecule has 0 aromatic heterocycles. The minimum absolute atomic E-state index is 2.52. The first kappa shape index (κ1) is 34.2. The smallest absolute Gasteiger partial charge is 0.460 e. The molecule has 1 aromatic rings. The number of alkyl halides is 11. The van der Waals surface area contributed by atoms with E-state index in [-0.39, 0.29) is 0 Å². The quantitative estimate of drug-likeness (QED) is 0.171. The van der Waals surface area contributed by atoms with Gasteiger partial charge in [0.1, 0.15) is 11.1 Å². The Morgan fingerprint density at radius 1 is 0.575 bits per heavy atom. The Labute approximate surface area is 204 Å². The van der Waals surface area contributed by atoms with Crippen molar-refractivity contribution in [2.24, 2.45) is 0 Å². The zero-order valence-corrected chi connectivity index (χ0v) is 17.4. The van der Waals surface area contributed by atoms with Gasteiger partial charge in [-0.15, -0.1) is 0 Å². The van der Waals surface area contributed by atoms with Crippen molar-refractivity contribution in [3.05, 3.63) is 52.1 Å². The van der Waals surface area contributed by atoms with Gasteiger partial charge >= 0.3 is 47.8 Å². The van der Waals surface area contributed by atoms with Gasteiger partial charge in [0.15, 0.2) is 17.5 Å². The van der Waals surface area contributed by atoms with E-state index < -0.39 is 99.6 Å². The Kier molecular flexibility index (Phi) is 8.81. The van der Waals surface area contributed by atoms with E-state index in [0.717, 1.165) is 0 Å². The molecule has 0 saturated heterocycles. The second-order valence-corrected chi connectivity index (χ2v) is 6.74. The molecule has 0 spiro atoms. The van der Waals surface area contributed by atoms with Crippen molar-refractivity contribution in [1.29, 1.82) is 0 Å². The van der Waals surface area contributed by atoms with Crippen molar-refractivity contribution >= 4 is 11.9 Å². The highest BCUT2D eigenvalue weighted by atomic mass is 19.4. The molecule has 1 rings (SSSR count). The molecule has 0 fully saturated rings. The largest absolute Gasteiger partial charge is 0.477 e. The molecule has 0 bridgehead atoms. The molecule has 1 aromatic carbocycles. The maximum Gasteiger partial charge on any atom is 0.460 e. The van der Waals surface area contributed by atoms with Crippen molar-refractivity contribution in [3.63, 3.8) is 0 Å². The number of rotatable bonds is 9.